The van der Waals surface area contributed by atoms with Crippen molar-refractivity contribution in [2.24, 2.45) is 0 Å². The number of carbonyl (C=O) groups excluding carboxylic acids is 1. The van der Waals surface area contributed by atoms with Crippen LogP contribution in [-0.4, -0.2) is 38.0 Å². The third-order valence-corrected chi connectivity index (χ3v) is 4.61. The van der Waals surface area contributed by atoms with Crippen molar-refractivity contribution in [3.05, 3.63) is 67.0 Å². The van der Waals surface area contributed by atoms with Crippen molar-refractivity contribution in [2.45, 2.75) is 26.1 Å². The third-order valence-electron chi connectivity index (χ3n) is 4.61. The molecule has 0 bridgehead atoms. The Morgan fingerprint density at radius 2 is 2.15 bits per heavy atom. The van der Waals surface area contributed by atoms with Crippen molar-refractivity contribution in [3.63, 3.8) is 0 Å². The molecule has 1 amide bonds. The van der Waals surface area contributed by atoms with E-state index >= 15 is 0 Å². The van der Waals surface area contributed by atoms with Gasteiger partial charge in [0.2, 0.25) is 5.91 Å². The maximum absolute atomic E-state index is 12.8. The van der Waals surface area contributed by atoms with Gasteiger partial charge in [0.05, 0.1) is 12.4 Å². The molecule has 1 aliphatic rings. The normalized spacial score (nSPS) is 16.5. The second kappa shape index (κ2) is 7.00. The van der Waals surface area contributed by atoms with Crippen LogP contribution in [0.15, 0.2) is 61.4 Å². The summed E-state index contributed by atoms with van der Waals surface area (Å²) in [5, 5.41) is 0. The van der Waals surface area contributed by atoms with E-state index in [4.69, 9.17) is 4.74 Å². The summed E-state index contributed by atoms with van der Waals surface area (Å²) in [5.41, 5.74) is 3.12. The topological polar surface area (TPSA) is 60.2 Å². The second-order valence-corrected chi connectivity index (χ2v) is 6.48. The summed E-state index contributed by atoms with van der Waals surface area (Å²) in [5.74, 6) is 0.890. The lowest BCUT2D eigenvalue weighted by Crippen LogP contribution is -2.41. The summed E-state index contributed by atoms with van der Waals surface area (Å²) in [6.07, 6.45) is 8.73. The molecule has 0 unspecified atom stereocenters. The molecule has 3 heterocycles. The number of amides is 1. The first-order valence-corrected chi connectivity index (χ1v) is 8.62. The number of hydrogen-bond donors (Lipinski definition) is 0. The fraction of sp³-hybridized carbons (Fsp3) is 0.250. The van der Waals surface area contributed by atoms with Crippen LogP contribution in [0.2, 0.25) is 0 Å². The number of imidazole rings is 1. The second-order valence-electron chi connectivity index (χ2n) is 6.48. The monoisotopic (exact) mass is 348 g/mol. The molecule has 2 aromatic heterocycles. The Kier molecular flexibility index (Phi) is 4.39. The number of benzene rings is 1. The van der Waals surface area contributed by atoms with Gasteiger partial charge in [-0.15, -0.1) is 0 Å². The molecule has 4 rings (SSSR count). The first-order chi connectivity index (χ1) is 12.7. The first kappa shape index (κ1) is 16.3. The minimum Gasteiger partial charge on any atom is -0.491 e. The highest BCUT2D eigenvalue weighted by Crippen LogP contribution is 2.30. The van der Waals surface area contributed by atoms with E-state index in [1.165, 1.54) is 0 Å². The summed E-state index contributed by atoms with van der Waals surface area (Å²) in [6.45, 7) is 3.30. The lowest BCUT2D eigenvalue weighted by molar-refractivity contribution is -0.134. The maximum atomic E-state index is 12.8. The molecule has 132 valence electrons. The minimum absolute atomic E-state index is 0.000244. The average molecular weight is 348 g/mol. The summed E-state index contributed by atoms with van der Waals surface area (Å²) in [6, 6.07) is 10.0. The van der Waals surface area contributed by atoms with E-state index in [0.717, 1.165) is 22.4 Å². The van der Waals surface area contributed by atoms with Crippen LogP contribution < -0.4 is 4.74 Å². The van der Waals surface area contributed by atoms with E-state index < -0.39 is 0 Å². The highest BCUT2D eigenvalue weighted by atomic mass is 16.5. The molecular weight excluding hydrogens is 328 g/mol. The predicted octanol–water partition coefficient (Wildman–Crippen LogP) is 2.75. The SMILES string of the molecule is C[C@H]1COc2ccc(-c3cccnc3)cc2CN1C(=O)Cn1ccnc1. The van der Waals surface area contributed by atoms with Crippen LogP contribution in [0.3, 0.4) is 0 Å². The van der Waals surface area contributed by atoms with Crippen molar-refractivity contribution in [1.29, 1.82) is 0 Å². The highest BCUT2D eigenvalue weighted by Gasteiger charge is 2.26. The molecule has 1 aromatic carbocycles. The Bertz CT molecular complexity index is 893. The van der Waals surface area contributed by atoms with Gasteiger partial charge in [0, 0.05) is 42.5 Å². The van der Waals surface area contributed by atoms with Gasteiger partial charge in [0.1, 0.15) is 18.9 Å². The summed E-state index contributed by atoms with van der Waals surface area (Å²) in [7, 11) is 0. The van der Waals surface area contributed by atoms with E-state index in [2.05, 4.69) is 16.0 Å². The number of rotatable bonds is 3. The number of fused-ring (bicyclic) bond motifs is 1. The minimum atomic E-state index is 0.000244. The predicted molar refractivity (Wildman–Crippen MR) is 97.4 cm³/mol. The third kappa shape index (κ3) is 3.31. The summed E-state index contributed by atoms with van der Waals surface area (Å²) >= 11 is 0. The van der Waals surface area contributed by atoms with Crippen molar-refractivity contribution < 1.29 is 9.53 Å². The van der Waals surface area contributed by atoms with Crippen LogP contribution >= 0.6 is 0 Å². The number of nitrogens with zero attached hydrogens (tertiary/aromatic N) is 4. The molecule has 1 atom stereocenters. The van der Waals surface area contributed by atoms with E-state index in [0.29, 0.717) is 13.2 Å². The number of carbonyl (C=O) groups is 1. The van der Waals surface area contributed by atoms with Crippen molar-refractivity contribution in [2.75, 3.05) is 6.61 Å². The van der Waals surface area contributed by atoms with E-state index in [9.17, 15) is 4.79 Å². The smallest absolute Gasteiger partial charge is 0.243 e. The first-order valence-electron chi connectivity index (χ1n) is 8.62. The Balaban J connectivity index is 1.61. The lowest BCUT2D eigenvalue weighted by Gasteiger charge is -2.26. The number of pyridine rings is 1. The van der Waals surface area contributed by atoms with Gasteiger partial charge in [-0.25, -0.2) is 4.98 Å². The maximum Gasteiger partial charge on any atom is 0.243 e. The van der Waals surface area contributed by atoms with Crippen LogP contribution in [-0.2, 0) is 17.9 Å². The van der Waals surface area contributed by atoms with Crippen LogP contribution in [0.5, 0.6) is 5.75 Å². The molecule has 0 N–H and O–H groups in total. The van der Waals surface area contributed by atoms with E-state index in [-0.39, 0.29) is 18.5 Å². The molecular formula is C20H20N4O2. The van der Waals surface area contributed by atoms with Crippen molar-refractivity contribution in [1.82, 2.24) is 19.4 Å². The van der Waals surface area contributed by atoms with Gasteiger partial charge >= 0.3 is 0 Å². The Labute approximate surface area is 152 Å². The van der Waals surface area contributed by atoms with Gasteiger partial charge in [-0.05, 0) is 30.7 Å². The van der Waals surface area contributed by atoms with E-state index in [1.807, 2.05) is 42.3 Å². The molecule has 6 nitrogen and oxygen atoms in total. The number of aromatic nitrogens is 3. The van der Waals surface area contributed by atoms with E-state index in [1.54, 1.807) is 29.5 Å². The molecule has 0 saturated carbocycles. The summed E-state index contributed by atoms with van der Waals surface area (Å²) < 4.78 is 7.72. The number of ether oxygens (including phenoxy) is 1. The standard InChI is InChI=1S/C20H20N4O2/c1-15-13-26-19-5-4-16(17-3-2-6-21-10-17)9-18(19)11-24(15)20(25)12-23-8-7-22-14-23/h2-10,14-15H,11-13H2,1H3/t15-/m0/s1. The van der Waals surface area contributed by atoms with Crippen LogP contribution in [0.25, 0.3) is 11.1 Å². The molecule has 0 spiro atoms. The molecule has 3 aromatic rings. The highest BCUT2D eigenvalue weighted by molar-refractivity contribution is 5.77. The van der Waals surface area contributed by atoms with Gasteiger partial charge in [0.15, 0.2) is 0 Å². The Morgan fingerprint density at radius 3 is 2.92 bits per heavy atom. The van der Waals surface area contributed by atoms with Gasteiger partial charge in [-0.3, -0.25) is 9.78 Å². The molecule has 1 aliphatic heterocycles. The molecule has 0 fully saturated rings. The fourth-order valence-electron chi connectivity index (χ4n) is 3.16. The van der Waals surface area contributed by atoms with Crippen molar-refractivity contribution >= 4 is 5.91 Å². The fourth-order valence-corrected chi connectivity index (χ4v) is 3.16. The van der Waals surface area contributed by atoms with Gasteiger partial charge in [-0.1, -0.05) is 12.1 Å². The zero-order chi connectivity index (χ0) is 17.9. The Morgan fingerprint density at radius 1 is 1.23 bits per heavy atom. The van der Waals surface area contributed by atoms with Crippen molar-refractivity contribution in [3.8, 4) is 16.9 Å². The largest absolute Gasteiger partial charge is 0.491 e. The van der Waals surface area contributed by atoms with Crippen LogP contribution in [0, 0.1) is 0 Å². The van der Waals surface area contributed by atoms with Gasteiger partial charge in [0.25, 0.3) is 0 Å². The molecule has 6 heteroatoms. The Hall–Kier alpha value is -3.15. The zero-order valence-electron chi connectivity index (χ0n) is 14.6. The zero-order valence-corrected chi connectivity index (χ0v) is 14.6. The molecule has 0 aliphatic carbocycles. The van der Waals surface area contributed by atoms with Crippen LogP contribution in [0.1, 0.15) is 12.5 Å². The molecule has 0 radical (unpaired) electrons. The van der Waals surface area contributed by atoms with Gasteiger partial charge in [-0.2, -0.15) is 0 Å². The quantitative estimate of drug-likeness (QED) is 0.730. The molecule has 26 heavy (non-hydrogen) atoms. The number of hydrogen-bond acceptors (Lipinski definition) is 4. The van der Waals surface area contributed by atoms with Gasteiger partial charge < -0.3 is 14.2 Å². The summed E-state index contributed by atoms with van der Waals surface area (Å²) in [4.78, 5) is 22.9. The average Bonchev–Trinajstić information content (AvgIpc) is 3.11. The van der Waals surface area contributed by atoms with Crippen LogP contribution in [0.4, 0.5) is 0 Å². The molecule has 0 saturated heterocycles. The lowest BCUT2D eigenvalue weighted by atomic mass is 10.0.